The van der Waals surface area contributed by atoms with E-state index in [2.05, 4.69) is 4.98 Å². The molecular weight excluding hydrogens is 172 g/mol. The van der Waals surface area contributed by atoms with Crippen molar-refractivity contribution in [2.45, 2.75) is 13.0 Å². The van der Waals surface area contributed by atoms with E-state index in [0.717, 1.165) is 17.0 Å². The van der Waals surface area contributed by atoms with Crippen LogP contribution in [0.3, 0.4) is 0 Å². The summed E-state index contributed by atoms with van der Waals surface area (Å²) in [6.45, 7) is 1.94. The summed E-state index contributed by atoms with van der Waals surface area (Å²) in [6.07, 6.45) is 0.911. The molecule has 1 aromatic rings. The van der Waals surface area contributed by atoms with Crippen molar-refractivity contribution in [2.75, 3.05) is 14.1 Å². The SMILES string of the molecule is Cc1nc(C(C=O)N(C)C)cs1. The molecule has 12 heavy (non-hydrogen) atoms. The maximum Gasteiger partial charge on any atom is 0.143 e. The molecule has 4 heteroatoms. The third kappa shape index (κ3) is 1.89. The van der Waals surface area contributed by atoms with E-state index in [0.29, 0.717) is 0 Å². The van der Waals surface area contributed by atoms with E-state index in [-0.39, 0.29) is 6.04 Å². The Morgan fingerprint density at radius 2 is 2.33 bits per heavy atom. The molecule has 0 saturated carbocycles. The van der Waals surface area contributed by atoms with Crippen molar-refractivity contribution in [1.29, 1.82) is 0 Å². The van der Waals surface area contributed by atoms with E-state index in [4.69, 9.17) is 0 Å². The zero-order chi connectivity index (χ0) is 9.14. The van der Waals surface area contributed by atoms with Crippen LogP contribution in [0.1, 0.15) is 16.7 Å². The van der Waals surface area contributed by atoms with Crippen molar-refractivity contribution < 1.29 is 4.79 Å². The molecule has 0 aromatic carbocycles. The lowest BCUT2D eigenvalue weighted by molar-refractivity contribution is -0.111. The highest BCUT2D eigenvalue weighted by atomic mass is 32.1. The Bertz CT molecular complexity index is 270. The summed E-state index contributed by atoms with van der Waals surface area (Å²) in [6, 6.07) is -0.199. The lowest BCUT2D eigenvalue weighted by atomic mass is 10.2. The molecular formula is C8H12N2OS. The van der Waals surface area contributed by atoms with Gasteiger partial charge in [-0.2, -0.15) is 0 Å². The summed E-state index contributed by atoms with van der Waals surface area (Å²) in [7, 11) is 3.74. The minimum atomic E-state index is -0.199. The summed E-state index contributed by atoms with van der Waals surface area (Å²) in [4.78, 5) is 16.8. The molecule has 0 fully saturated rings. The zero-order valence-electron chi connectivity index (χ0n) is 7.44. The Morgan fingerprint density at radius 3 is 2.67 bits per heavy atom. The van der Waals surface area contributed by atoms with Gasteiger partial charge in [0.2, 0.25) is 0 Å². The molecule has 1 aromatic heterocycles. The molecule has 0 radical (unpaired) electrons. The number of aromatic nitrogens is 1. The Balaban J connectivity index is 2.87. The van der Waals surface area contributed by atoms with Crippen LogP contribution in [0.25, 0.3) is 0 Å². The standard InChI is InChI=1S/C8H12N2OS/c1-6-9-7(5-12-6)8(4-11)10(2)3/h4-5,8H,1-3H3. The second-order valence-corrected chi connectivity index (χ2v) is 3.90. The van der Waals surface area contributed by atoms with Gasteiger partial charge in [0.1, 0.15) is 12.3 Å². The lowest BCUT2D eigenvalue weighted by Gasteiger charge is -2.15. The van der Waals surface area contributed by atoms with Gasteiger partial charge in [0.15, 0.2) is 0 Å². The van der Waals surface area contributed by atoms with E-state index in [1.165, 1.54) is 0 Å². The molecule has 1 heterocycles. The number of hydrogen-bond donors (Lipinski definition) is 0. The van der Waals surface area contributed by atoms with Crippen LogP contribution in [0.4, 0.5) is 0 Å². The fourth-order valence-corrected chi connectivity index (χ4v) is 1.61. The summed E-state index contributed by atoms with van der Waals surface area (Å²) >= 11 is 1.57. The molecule has 1 rings (SSSR count). The number of nitrogens with zero attached hydrogens (tertiary/aromatic N) is 2. The average molecular weight is 184 g/mol. The van der Waals surface area contributed by atoms with Crippen LogP contribution >= 0.6 is 11.3 Å². The van der Waals surface area contributed by atoms with Crippen LogP contribution in [0.2, 0.25) is 0 Å². The van der Waals surface area contributed by atoms with Gasteiger partial charge in [0.05, 0.1) is 10.7 Å². The number of thiazole rings is 1. The van der Waals surface area contributed by atoms with Gasteiger partial charge in [0.25, 0.3) is 0 Å². The van der Waals surface area contributed by atoms with Crippen molar-refractivity contribution in [3.05, 3.63) is 16.1 Å². The molecule has 3 nitrogen and oxygen atoms in total. The van der Waals surface area contributed by atoms with Gasteiger partial charge in [-0.15, -0.1) is 11.3 Å². The summed E-state index contributed by atoms with van der Waals surface area (Å²) < 4.78 is 0. The number of aldehydes is 1. The molecule has 1 unspecified atom stereocenters. The van der Waals surface area contributed by atoms with Crippen molar-refractivity contribution in [2.24, 2.45) is 0 Å². The van der Waals surface area contributed by atoms with Gasteiger partial charge >= 0.3 is 0 Å². The average Bonchev–Trinajstić information content (AvgIpc) is 2.37. The normalized spacial score (nSPS) is 13.3. The van der Waals surface area contributed by atoms with Crippen LogP contribution < -0.4 is 0 Å². The fourth-order valence-electron chi connectivity index (χ4n) is 0.972. The third-order valence-corrected chi connectivity index (χ3v) is 2.42. The zero-order valence-corrected chi connectivity index (χ0v) is 8.26. The maximum atomic E-state index is 10.7. The molecule has 0 spiro atoms. The molecule has 0 aliphatic heterocycles. The molecule has 1 atom stereocenters. The quantitative estimate of drug-likeness (QED) is 0.663. The minimum Gasteiger partial charge on any atom is -0.301 e. The van der Waals surface area contributed by atoms with E-state index in [1.807, 2.05) is 31.3 Å². The predicted octanol–water partition coefficient (Wildman–Crippen LogP) is 1.25. The highest BCUT2D eigenvalue weighted by Gasteiger charge is 2.14. The lowest BCUT2D eigenvalue weighted by Crippen LogP contribution is -2.21. The number of carbonyl (C=O) groups excluding carboxylic acids is 1. The van der Waals surface area contributed by atoms with Gasteiger partial charge in [-0.1, -0.05) is 0 Å². The number of rotatable bonds is 3. The molecule has 0 bridgehead atoms. The number of likely N-dealkylation sites (N-methyl/N-ethyl adjacent to an activating group) is 1. The molecule has 66 valence electrons. The summed E-state index contributed by atoms with van der Waals surface area (Å²) in [5.41, 5.74) is 0.845. The highest BCUT2D eigenvalue weighted by molar-refractivity contribution is 7.09. The second kappa shape index (κ2) is 3.78. The highest BCUT2D eigenvalue weighted by Crippen LogP contribution is 2.17. The van der Waals surface area contributed by atoms with Crippen LogP contribution in [-0.2, 0) is 4.79 Å². The van der Waals surface area contributed by atoms with Gasteiger partial charge < -0.3 is 4.79 Å². The van der Waals surface area contributed by atoms with Crippen molar-refractivity contribution in [3.8, 4) is 0 Å². The predicted molar refractivity (Wildman–Crippen MR) is 49.3 cm³/mol. The summed E-state index contributed by atoms with van der Waals surface area (Å²) in [5.74, 6) is 0. The van der Waals surface area contributed by atoms with E-state index >= 15 is 0 Å². The van der Waals surface area contributed by atoms with E-state index in [1.54, 1.807) is 11.3 Å². The molecule has 0 N–H and O–H groups in total. The first-order valence-corrected chi connectivity index (χ1v) is 4.57. The maximum absolute atomic E-state index is 10.7. The Hall–Kier alpha value is -0.740. The Kier molecular flexibility index (Phi) is 2.94. The molecule has 0 aliphatic rings. The third-order valence-electron chi connectivity index (χ3n) is 1.63. The van der Waals surface area contributed by atoms with Crippen LogP contribution in [0.5, 0.6) is 0 Å². The van der Waals surface area contributed by atoms with E-state index < -0.39 is 0 Å². The van der Waals surface area contributed by atoms with Crippen molar-refractivity contribution in [3.63, 3.8) is 0 Å². The first kappa shape index (κ1) is 9.35. The van der Waals surface area contributed by atoms with Crippen LogP contribution in [-0.4, -0.2) is 30.3 Å². The number of carbonyl (C=O) groups is 1. The first-order valence-electron chi connectivity index (χ1n) is 3.69. The molecule has 0 saturated heterocycles. The van der Waals surface area contributed by atoms with E-state index in [9.17, 15) is 4.79 Å². The second-order valence-electron chi connectivity index (χ2n) is 2.84. The number of aryl methyl sites for hydroxylation is 1. The van der Waals surface area contributed by atoms with Crippen LogP contribution in [0, 0.1) is 6.92 Å². The van der Waals surface area contributed by atoms with Gasteiger partial charge in [-0.25, -0.2) is 4.98 Å². The van der Waals surface area contributed by atoms with Crippen molar-refractivity contribution in [1.82, 2.24) is 9.88 Å². The first-order chi connectivity index (χ1) is 5.65. The number of hydrogen-bond acceptors (Lipinski definition) is 4. The topological polar surface area (TPSA) is 33.2 Å². The fraction of sp³-hybridized carbons (Fsp3) is 0.500. The van der Waals surface area contributed by atoms with Crippen molar-refractivity contribution >= 4 is 17.6 Å². The van der Waals surface area contributed by atoms with Gasteiger partial charge in [-0.3, -0.25) is 4.90 Å². The molecule has 0 aliphatic carbocycles. The largest absolute Gasteiger partial charge is 0.301 e. The summed E-state index contributed by atoms with van der Waals surface area (Å²) in [5, 5.41) is 2.92. The molecule has 0 amide bonds. The Morgan fingerprint density at radius 1 is 1.67 bits per heavy atom. The van der Waals surface area contributed by atoms with Gasteiger partial charge in [-0.05, 0) is 21.0 Å². The monoisotopic (exact) mass is 184 g/mol. The Labute approximate surface area is 76.0 Å². The van der Waals surface area contributed by atoms with Gasteiger partial charge in [0, 0.05) is 5.38 Å². The smallest absolute Gasteiger partial charge is 0.143 e. The van der Waals surface area contributed by atoms with Crippen LogP contribution in [0.15, 0.2) is 5.38 Å². The minimum absolute atomic E-state index is 0.199.